The maximum Gasteiger partial charge on any atom is 0.212 e. The molecule has 6 nitrogen and oxygen atoms in total. The van der Waals surface area contributed by atoms with Crippen LogP contribution in [0.1, 0.15) is 11.1 Å². The largest absolute Gasteiger partial charge is 0.388 e. The third-order valence-corrected chi connectivity index (χ3v) is 4.51. The van der Waals surface area contributed by atoms with Crippen LogP contribution in [-0.4, -0.2) is 26.9 Å². The molecule has 3 N–H and O–H groups in total. The predicted octanol–water partition coefficient (Wildman–Crippen LogP) is 2.66. The first-order valence-corrected chi connectivity index (χ1v) is 7.54. The Morgan fingerprint density at radius 3 is 2.90 bits per heavy atom. The molecule has 3 aromatic rings. The first-order valence-electron chi connectivity index (χ1n) is 6.66. The molecule has 0 saturated carbocycles. The Bertz CT molecular complexity index is 764. The van der Waals surface area contributed by atoms with Crippen LogP contribution < -0.4 is 10.7 Å². The zero-order valence-electron chi connectivity index (χ0n) is 11.4. The van der Waals surface area contributed by atoms with Crippen molar-refractivity contribution in [2.75, 3.05) is 17.8 Å². The summed E-state index contributed by atoms with van der Waals surface area (Å²) in [6.45, 7) is 0. The molecule has 2 aromatic heterocycles. The van der Waals surface area contributed by atoms with Crippen molar-refractivity contribution in [2.24, 2.45) is 0 Å². The molecule has 106 valence electrons. The minimum atomic E-state index is 0.131. The molecule has 1 unspecified atom stereocenters. The number of aromatic nitrogens is 4. The third kappa shape index (κ3) is 1.97. The predicted molar refractivity (Wildman–Crippen MR) is 83.8 cm³/mol. The number of benzene rings is 1. The lowest BCUT2D eigenvalue weighted by Gasteiger charge is -2.12. The summed E-state index contributed by atoms with van der Waals surface area (Å²) in [5.41, 5.74) is 6.61. The Balaban J connectivity index is 1.73. The van der Waals surface area contributed by atoms with E-state index in [2.05, 4.69) is 32.0 Å². The molecule has 0 radical (unpaired) electrons. The molecule has 0 bridgehead atoms. The SMILES string of the molecule is CNc1ccccc1-c1nnc2n1NC(c1ccc[nH]1)S2. The van der Waals surface area contributed by atoms with E-state index >= 15 is 0 Å². The van der Waals surface area contributed by atoms with Crippen molar-refractivity contribution in [1.29, 1.82) is 0 Å². The number of thioether (sulfide) groups is 1. The lowest BCUT2D eigenvalue weighted by molar-refractivity contribution is 0.786. The van der Waals surface area contributed by atoms with E-state index < -0.39 is 0 Å². The summed E-state index contributed by atoms with van der Waals surface area (Å²) in [6.07, 6.45) is 1.92. The van der Waals surface area contributed by atoms with Gasteiger partial charge < -0.3 is 15.7 Å². The number of fused-ring (bicyclic) bond motifs is 1. The molecule has 1 atom stereocenters. The molecular weight excluding hydrogens is 284 g/mol. The fourth-order valence-electron chi connectivity index (χ4n) is 2.42. The Hall–Kier alpha value is -2.41. The topological polar surface area (TPSA) is 70.6 Å². The Labute approximate surface area is 125 Å². The van der Waals surface area contributed by atoms with Gasteiger partial charge in [-0.25, -0.2) is 4.68 Å². The van der Waals surface area contributed by atoms with Crippen LogP contribution in [0.3, 0.4) is 0 Å². The van der Waals surface area contributed by atoms with E-state index in [0.29, 0.717) is 0 Å². The second-order valence-corrected chi connectivity index (χ2v) is 5.76. The molecular formula is C14H14N6S. The number of nitrogens with one attached hydrogen (secondary N) is 3. The van der Waals surface area contributed by atoms with E-state index in [0.717, 1.165) is 27.9 Å². The van der Waals surface area contributed by atoms with Gasteiger partial charge in [0.05, 0.1) is 0 Å². The molecule has 0 spiro atoms. The summed E-state index contributed by atoms with van der Waals surface area (Å²) in [7, 11) is 1.91. The Morgan fingerprint density at radius 2 is 2.10 bits per heavy atom. The van der Waals surface area contributed by atoms with Crippen LogP contribution in [0.4, 0.5) is 5.69 Å². The summed E-state index contributed by atoms with van der Waals surface area (Å²) in [5.74, 6) is 0.816. The van der Waals surface area contributed by atoms with E-state index in [1.165, 1.54) is 0 Å². The van der Waals surface area contributed by atoms with Crippen molar-refractivity contribution in [2.45, 2.75) is 10.5 Å². The number of para-hydroxylation sites is 1. The maximum atomic E-state index is 4.31. The summed E-state index contributed by atoms with van der Waals surface area (Å²) in [5, 5.41) is 12.8. The van der Waals surface area contributed by atoms with Crippen molar-refractivity contribution in [3.8, 4) is 11.4 Å². The zero-order chi connectivity index (χ0) is 14.2. The summed E-state index contributed by atoms with van der Waals surface area (Å²) in [4.78, 5) is 3.23. The minimum Gasteiger partial charge on any atom is -0.388 e. The molecule has 0 saturated heterocycles. The van der Waals surface area contributed by atoms with E-state index in [1.807, 2.05) is 48.3 Å². The van der Waals surface area contributed by atoms with Gasteiger partial charge in [0.1, 0.15) is 5.37 Å². The standard InChI is InChI=1S/C14H14N6S/c1-15-10-6-3-2-5-9(10)12-17-18-14-20(12)19-13(21-14)11-7-4-8-16-11/h2-8,13,15-16,19H,1H3. The van der Waals surface area contributed by atoms with Crippen molar-refractivity contribution in [3.05, 3.63) is 48.3 Å². The second-order valence-electron chi connectivity index (χ2n) is 4.69. The number of rotatable bonds is 3. The number of anilines is 1. The average Bonchev–Trinajstić information content (AvgIpc) is 3.22. The van der Waals surface area contributed by atoms with E-state index in [-0.39, 0.29) is 5.37 Å². The Morgan fingerprint density at radius 1 is 1.19 bits per heavy atom. The lowest BCUT2D eigenvalue weighted by atomic mass is 10.1. The maximum absolute atomic E-state index is 4.31. The van der Waals surface area contributed by atoms with Crippen LogP contribution in [-0.2, 0) is 0 Å². The van der Waals surface area contributed by atoms with E-state index in [4.69, 9.17) is 0 Å². The smallest absolute Gasteiger partial charge is 0.212 e. The summed E-state index contributed by atoms with van der Waals surface area (Å²) in [6, 6.07) is 12.1. The Kier molecular flexibility index (Phi) is 2.85. The van der Waals surface area contributed by atoms with Crippen molar-refractivity contribution >= 4 is 17.4 Å². The number of hydrogen-bond donors (Lipinski definition) is 3. The molecule has 7 heteroatoms. The van der Waals surface area contributed by atoms with Crippen LogP contribution in [0.5, 0.6) is 0 Å². The van der Waals surface area contributed by atoms with Gasteiger partial charge in [0.15, 0.2) is 5.82 Å². The van der Waals surface area contributed by atoms with Crippen molar-refractivity contribution < 1.29 is 0 Å². The normalized spacial score (nSPS) is 16.5. The highest BCUT2D eigenvalue weighted by atomic mass is 32.2. The number of nitrogens with zero attached hydrogens (tertiary/aromatic N) is 3. The second kappa shape index (κ2) is 4.85. The molecule has 0 amide bonds. The molecule has 1 aromatic carbocycles. The molecule has 1 aliphatic heterocycles. The van der Waals surface area contributed by atoms with Gasteiger partial charge in [-0.1, -0.05) is 23.9 Å². The minimum absolute atomic E-state index is 0.131. The van der Waals surface area contributed by atoms with Gasteiger partial charge in [0.2, 0.25) is 5.16 Å². The van der Waals surface area contributed by atoms with Crippen LogP contribution in [0.25, 0.3) is 11.4 Å². The average molecular weight is 298 g/mol. The summed E-state index contributed by atoms with van der Waals surface area (Å²) >= 11 is 1.65. The fourth-order valence-corrected chi connectivity index (χ4v) is 3.40. The van der Waals surface area contributed by atoms with Crippen molar-refractivity contribution in [1.82, 2.24) is 19.9 Å². The highest BCUT2D eigenvalue weighted by Crippen LogP contribution is 2.40. The fraction of sp³-hybridized carbons (Fsp3) is 0.143. The number of H-pyrrole nitrogens is 1. The van der Waals surface area contributed by atoms with Gasteiger partial charge in [-0.3, -0.25) is 0 Å². The van der Waals surface area contributed by atoms with E-state index in [9.17, 15) is 0 Å². The van der Waals surface area contributed by atoms with Crippen LogP contribution >= 0.6 is 11.8 Å². The molecule has 0 fully saturated rings. The van der Waals surface area contributed by atoms with Gasteiger partial charge >= 0.3 is 0 Å². The van der Waals surface area contributed by atoms with Crippen LogP contribution in [0, 0.1) is 0 Å². The van der Waals surface area contributed by atoms with Gasteiger partial charge in [-0.15, -0.1) is 10.2 Å². The monoisotopic (exact) mass is 298 g/mol. The first kappa shape index (κ1) is 12.3. The molecule has 21 heavy (non-hydrogen) atoms. The highest BCUT2D eigenvalue weighted by molar-refractivity contribution is 7.99. The molecule has 3 heterocycles. The molecule has 4 rings (SSSR count). The van der Waals surface area contributed by atoms with E-state index in [1.54, 1.807) is 11.8 Å². The number of hydrogen-bond acceptors (Lipinski definition) is 5. The van der Waals surface area contributed by atoms with Crippen molar-refractivity contribution in [3.63, 3.8) is 0 Å². The highest BCUT2D eigenvalue weighted by Gasteiger charge is 2.29. The first-order chi connectivity index (χ1) is 10.4. The van der Waals surface area contributed by atoms with Gasteiger partial charge in [0, 0.05) is 30.2 Å². The third-order valence-electron chi connectivity index (χ3n) is 3.44. The van der Waals surface area contributed by atoms with Gasteiger partial charge in [-0.2, -0.15) is 0 Å². The number of aromatic amines is 1. The summed E-state index contributed by atoms with van der Waals surface area (Å²) < 4.78 is 1.95. The lowest BCUT2D eigenvalue weighted by Crippen LogP contribution is -2.14. The van der Waals surface area contributed by atoms with Gasteiger partial charge in [0.25, 0.3) is 0 Å². The quantitative estimate of drug-likeness (QED) is 0.693. The van der Waals surface area contributed by atoms with Crippen LogP contribution in [0.2, 0.25) is 0 Å². The molecule has 1 aliphatic rings. The zero-order valence-corrected chi connectivity index (χ0v) is 12.2. The van der Waals surface area contributed by atoms with Gasteiger partial charge in [-0.05, 0) is 24.3 Å². The van der Waals surface area contributed by atoms with Crippen LogP contribution in [0.15, 0.2) is 47.8 Å². The molecule has 0 aliphatic carbocycles.